The number of carbonyl (C=O) groups excluding carboxylic acids is 1. The average molecular weight is 429 g/mol. The first-order valence-corrected chi connectivity index (χ1v) is 12.6. The van der Waals surface area contributed by atoms with Crippen LogP contribution in [0.4, 0.5) is 5.69 Å². The van der Waals surface area contributed by atoms with Crippen molar-refractivity contribution in [2.24, 2.45) is 4.99 Å². The lowest BCUT2D eigenvalue weighted by Gasteiger charge is -2.29. The molecule has 4 rings (SSSR count). The quantitative estimate of drug-likeness (QED) is 0.742. The van der Waals surface area contributed by atoms with Crippen molar-refractivity contribution in [2.75, 3.05) is 16.4 Å². The number of hydrogen-bond donors (Lipinski definition) is 0. The molecule has 0 aliphatic carbocycles. The average Bonchev–Trinajstić information content (AvgIpc) is 3.18. The molecular weight excluding hydrogens is 404 g/mol. The number of benzene rings is 2. The monoisotopic (exact) mass is 428 g/mol. The van der Waals surface area contributed by atoms with Crippen LogP contribution >= 0.6 is 11.8 Å². The molecule has 2 atom stereocenters. The van der Waals surface area contributed by atoms with Crippen LogP contribution in [0.1, 0.15) is 35.3 Å². The van der Waals surface area contributed by atoms with Crippen molar-refractivity contribution in [1.82, 2.24) is 0 Å². The predicted octanol–water partition coefficient (Wildman–Crippen LogP) is 3.73. The minimum Gasteiger partial charge on any atom is -0.315 e. The highest BCUT2D eigenvalue weighted by atomic mass is 32.2. The molecule has 0 bridgehead atoms. The van der Waals surface area contributed by atoms with E-state index in [1.54, 1.807) is 12.1 Å². The van der Waals surface area contributed by atoms with E-state index in [-0.39, 0.29) is 28.7 Å². The molecule has 0 radical (unpaired) electrons. The third kappa shape index (κ3) is 3.85. The van der Waals surface area contributed by atoms with E-state index in [0.29, 0.717) is 10.7 Å². The maximum atomic E-state index is 12.8. The number of rotatable bonds is 4. The number of aryl methyl sites for hydroxylation is 2. The van der Waals surface area contributed by atoms with Gasteiger partial charge in [-0.05, 0) is 36.1 Å². The van der Waals surface area contributed by atoms with Crippen LogP contribution in [0.3, 0.4) is 0 Å². The van der Waals surface area contributed by atoms with Crippen molar-refractivity contribution in [1.29, 1.82) is 0 Å². The number of carbonyl (C=O) groups is 1. The third-order valence-electron chi connectivity index (χ3n) is 5.49. The first-order chi connectivity index (χ1) is 13.9. The summed E-state index contributed by atoms with van der Waals surface area (Å²) in [7, 11) is -3.09. The SMILES string of the molecule is CCc1cccc(CC)c1N1C(=NC(=O)c2ccccc2)S[C@@H]2CS(=O)(=O)C[C@@H]21. The minimum absolute atomic E-state index is 0.100. The van der Waals surface area contributed by atoms with Crippen LogP contribution in [0, 0.1) is 0 Å². The van der Waals surface area contributed by atoms with Gasteiger partial charge in [0.15, 0.2) is 15.0 Å². The fourth-order valence-corrected chi connectivity index (χ4v) is 7.98. The first kappa shape index (κ1) is 20.2. The minimum atomic E-state index is -3.09. The zero-order valence-corrected chi connectivity index (χ0v) is 18.2. The Labute approximate surface area is 176 Å². The van der Waals surface area contributed by atoms with Gasteiger partial charge in [0.25, 0.3) is 5.91 Å². The topological polar surface area (TPSA) is 66.8 Å². The number of hydrogen-bond acceptors (Lipinski definition) is 4. The van der Waals surface area contributed by atoms with E-state index >= 15 is 0 Å². The number of aliphatic imine (C=N–C) groups is 1. The Bertz CT molecular complexity index is 1040. The Kier molecular flexibility index (Phi) is 5.53. The fraction of sp³-hybridized carbons (Fsp3) is 0.364. The van der Waals surface area contributed by atoms with Gasteiger partial charge in [0.1, 0.15) is 0 Å². The Hall–Kier alpha value is -2.12. The molecule has 0 saturated carbocycles. The van der Waals surface area contributed by atoms with Gasteiger partial charge in [-0.2, -0.15) is 4.99 Å². The van der Waals surface area contributed by atoms with Gasteiger partial charge >= 0.3 is 0 Å². The molecule has 2 aliphatic rings. The standard InChI is InChI=1S/C22H24N2O3S2/c1-3-15-11-8-12-16(4-2)20(15)24-18-13-29(26,27)14-19(18)28-22(24)23-21(25)17-9-6-5-7-10-17/h5-12,18-19H,3-4,13-14H2,1-2H3/t18-,19+/m0/s1. The Morgan fingerprint density at radius 1 is 1.03 bits per heavy atom. The number of amidine groups is 1. The molecule has 2 aromatic rings. The van der Waals surface area contributed by atoms with Gasteiger partial charge in [-0.15, -0.1) is 0 Å². The molecule has 0 N–H and O–H groups in total. The summed E-state index contributed by atoms with van der Waals surface area (Å²) in [5, 5.41) is 0.510. The smallest absolute Gasteiger partial charge is 0.279 e. The summed E-state index contributed by atoms with van der Waals surface area (Å²) >= 11 is 1.42. The number of amides is 1. The second-order valence-electron chi connectivity index (χ2n) is 7.37. The Morgan fingerprint density at radius 3 is 2.31 bits per heavy atom. The van der Waals surface area contributed by atoms with Gasteiger partial charge in [-0.1, -0.05) is 62.0 Å². The summed E-state index contributed by atoms with van der Waals surface area (Å²) in [6.07, 6.45) is 1.66. The Balaban J connectivity index is 1.83. The molecule has 29 heavy (non-hydrogen) atoms. The predicted molar refractivity (Wildman–Crippen MR) is 120 cm³/mol. The fourth-order valence-electron chi connectivity index (χ4n) is 4.08. The van der Waals surface area contributed by atoms with Crippen molar-refractivity contribution in [2.45, 2.75) is 38.0 Å². The summed E-state index contributed by atoms with van der Waals surface area (Å²) < 4.78 is 24.7. The zero-order chi connectivity index (χ0) is 20.6. The molecule has 0 aromatic heterocycles. The summed E-state index contributed by atoms with van der Waals surface area (Å²) in [6.45, 7) is 4.19. The van der Waals surface area contributed by atoms with E-state index in [0.717, 1.165) is 29.7 Å². The van der Waals surface area contributed by atoms with Crippen LogP contribution in [0.25, 0.3) is 0 Å². The van der Waals surface area contributed by atoms with Crippen LogP contribution in [0.15, 0.2) is 53.5 Å². The van der Waals surface area contributed by atoms with Gasteiger partial charge in [-0.25, -0.2) is 8.42 Å². The number of anilines is 1. The first-order valence-electron chi connectivity index (χ1n) is 9.88. The van der Waals surface area contributed by atoms with E-state index in [9.17, 15) is 13.2 Å². The zero-order valence-electron chi connectivity index (χ0n) is 16.5. The van der Waals surface area contributed by atoms with Crippen molar-refractivity contribution in [3.05, 3.63) is 65.2 Å². The van der Waals surface area contributed by atoms with E-state index in [4.69, 9.17) is 0 Å². The van der Waals surface area contributed by atoms with Gasteiger partial charge in [0.2, 0.25) is 0 Å². The van der Waals surface area contributed by atoms with E-state index in [1.165, 1.54) is 11.8 Å². The van der Waals surface area contributed by atoms with E-state index in [2.05, 4.69) is 31.0 Å². The lowest BCUT2D eigenvalue weighted by molar-refractivity contribution is 0.100. The van der Waals surface area contributed by atoms with Crippen LogP contribution in [-0.4, -0.2) is 42.3 Å². The highest BCUT2D eigenvalue weighted by Gasteiger charge is 2.50. The lowest BCUT2D eigenvalue weighted by atomic mass is 10.0. The molecule has 7 heteroatoms. The normalized spacial score (nSPS) is 24.1. The highest BCUT2D eigenvalue weighted by molar-refractivity contribution is 8.16. The number of fused-ring (bicyclic) bond motifs is 1. The van der Waals surface area contributed by atoms with Crippen LogP contribution < -0.4 is 4.90 Å². The molecular formula is C22H24N2O3S2. The number of para-hydroxylation sites is 1. The summed E-state index contributed by atoms with van der Waals surface area (Å²) in [4.78, 5) is 19.3. The lowest BCUT2D eigenvalue weighted by Crippen LogP contribution is -2.39. The molecule has 1 amide bonds. The molecule has 2 saturated heterocycles. The molecule has 0 unspecified atom stereocenters. The van der Waals surface area contributed by atoms with E-state index < -0.39 is 9.84 Å². The molecule has 2 aliphatic heterocycles. The largest absolute Gasteiger partial charge is 0.315 e. The molecule has 152 valence electrons. The third-order valence-corrected chi connectivity index (χ3v) is 8.70. The molecule has 2 heterocycles. The second-order valence-corrected chi connectivity index (χ2v) is 10.7. The highest BCUT2D eigenvalue weighted by Crippen LogP contribution is 2.43. The second kappa shape index (κ2) is 7.95. The van der Waals surface area contributed by atoms with Crippen LogP contribution in [-0.2, 0) is 22.7 Å². The molecule has 0 spiro atoms. The number of sulfone groups is 1. The van der Waals surface area contributed by atoms with Crippen LogP contribution in [0.5, 0.6) is 0 Å². The number of thioether (sulfide) groups is 1. The summed E-state index contributed by atoms with van der Waals surface area (Å²) in [5.74, 6) is -0.0645. The van der Waals surface area contributed by atoms with Crippen molar-refractivity contribution in [3.63, 3.8) is 0 Å². The summed E-state index contributed by atoms with van der Waals surface area (Å²) in [6, 6.07) is 15.0. The number of nitrogens with zero attached hydrogens (tertiary/aromatic N) is 2. The Morgan fingerprint density at radius 2 is 1.69 bits per heavy atom. The summed E-state index contributed by atoms with van der Waals surface area (Å²) in [5.41, 5.74) is 3.85. The van der Waals surface area contributed by atoms with Crippen molar-refractivity contribution >= 4 is 38.4 Å². The van der Waals surface area contributed by atoms with Gasteiger partial charge < -0.3 is 4.90 Å². The van der Waals surface area contributed by atoms with Gasteiger partial charge in [-0.3, -0.25) is 4.79 Å². The van der Waals surface area contributed by atoms with Gasteiger partial charge in [0.05, 0.1) is 17.5 Å². The van der Waals surface area contributed by atoms with Crippen molar-refractivity contribution in [3.8, 4) is 0 Å². The van der Waals surface area contributed by atoms with Crippen LogP contribution in [0.2, 0.25) is 0 Å². The maximum absolute atomic E-state index is 12.8. The van der Waals surface area contributed by atoms with Gasteiger partial charge in [0, 0.05) is 16.5 Å². The molecule has 5 nitrogen and oxygen atoms in total. The van der Waals surface area contributed by atoms with E-state index in [1.807, 2.05) is 29.2 Å². The van der Waals surface area contributed by atoms with Crippen molar-refractivity contribution < 1.29 is 13.2 Å². The molecule has 2 aromatic carbocycles. The molecule has 2 fully saturated rings. The maximum Gasteiger partial charge on any atom is 0.279 e.